The summed E-state index contributed by atoms with van der Waals surface area (Å²) < 4.78 is 6.01. The summed E-state index contributed by atoms with van der Waals surface area (Å²) in [5.41, 5.74) is 2.08. The normalized spacial score (nSPS) is 18.5. The number of nitriles is 1. The number of halogens is 1. The number of nitrogens with one attached hydrogen (secondary N) is 1. The molecule has 2 aromatic rings. The van der Waals surface area contributed by atoms with Crippen LogP contribution in [-0.2, 0) is 0 Å². The molecule has 21 heavy (non-hydrogen) atoms. The van der Waals surface area contributed by atoms with E-state index >= 15 is 0 Å². The van der Waals surface area contributed by atoms with Gasteiger partial charge in [-0.2, -0.15) is 5.26 Å². The predicted molar refractivity (Wildman–Crippen MR) is 83.7 cm³/mol. The van der Waals surface area contributed by atoms with E-state index in [2.05, 4.69) is 17.5 Å². The Morgan fingerprint density at radius 3 is 2.76 bits per heavy atom. The molecule has 1 aliphatic heterocycles. The minimum atomic E-state index is -0.365. The Bertz CT molecular complexity index is 734. The SMILES string of the molecule is CC1(C)Oc2ccccc2C1Nc1ccc(Cl)c(C#N)c1. The summed E-state index contributed by atoms with van der Waals surface area (Å²) in [6.45, 7) is 4.09. The van der Waals surface area contributed by atoms with E-state index in [0.29, 0.717) is 10.6 Å². The van der Waals surface area contributed by atoms with Crippen LogP contribution in [0.2, 0.25) is 5.02 Å². The molecule has 0 fully saturated rings. The van der Waals surface area contributed by atoms with E-state index in [1.165, 1.54) is 0 Å². The van der Waals surface area contributed by atoms with E-state index in [-0.39, 0.29) is 11.6 Å². The van der Waals surface area contributed by atoms with Gasteiger partial charge in [-0.05, 0) is 38.1 Å². The molecule has 1 aliphatic rings. The van der Waals surface area contributed by atoms with Crippen molar-refractivity contribution in [3.63, 3.8) is 0 Å². The van der Waals surface area contributed by atoms with Crippen LogP contribution in [0.4, 0.5) is 5.69 Å². The first-order valence-corrected chi connectivity index (χ1v) is 7.13. The highest BCUT2D eigenvalue weighted by Crippen LogP contribution is 2.44. The van der Waals surface area contributed by atoms with Gasteiger partial charge in [0.15, 0.2) is 0 Å². The van der Waals surface area contributed by atoms with E-state index in [9.17, 15) is 0 Å². The predicted octanol–water partition coefficient (Wildman–Crippen LogP) is 4.54. The van der Waals surface area contributed by atoms with Crippen LogP contribution in [0, 0.1) is 11.3 Å². The van der Waals surface area contributed by atoms with E-state index < -0.39 is 0 Å². The zero-order chi connectivity index (χ0) is 15.0. The van der Waals surface area contributed by atoms with Crippen molar-refractivity contribution in [2.24, 2.45) is 0 Å². The van der Waals surface area contributed by atoms with Gasteiger partial charge in [0.1, 0.15) is 17.4 Å². The average molecular weight is 299 g/mol. The summed E-state index contributed by atoms with van der Waals surface area (Å²) in [6.07, 6.45) is 0. The van der Waals surface area contributed by atoms with Gasteiger partial charge in [-0.3, -0.25) is 0 Å². The molecule has 0 radical (unpaired) electrons. The molecule has 0 spiro atoms. The Balaban J connectivity index is 1.96. The number of para-hydroxylation sites is 1. The van der Waals surface area contributed by atoms with Crippen LogP contribution in [0.25, 0.3) is 0 Å². The van der Waals surface area contributed by atoms with Crippen LogP contribution in [-0.4, -0.2) is 5.60 Å². The second-order valence-corrected chi connectivity index (χ2v) is 6.03. The summed E-state index contributed by atoms with van der Waals surface area (Å²) in [6, 6.07) is 15.5. The number of hydrogen-bond donors (Lipinski definition) is 1. The molecule has 2 aromatic carbocycles. The van der Waals surface area contributed by atoms with Crippen molar-refractivity contribution in [2.75, 3.05) is 5.32 Å². The lowest BCUT2D eigenvalue weighted by Crippen LogP contribution is -2.34. The maximum Gasteiger partial charge on any atom is 0.128 e. The summed E-state index contributed by atoms with van der Waals surface area (Å²) >= 11 is 5.98. The molecule has 3 rings (SSSR count). The summed E-state index contributed by atoms with van der Waals surface area (Å²) in [5, 5.41) is 13.0. The van der Waals surface area contributed by atoms with Gasteiger partial charge in [-0.25, -0.2) is 0 Å². The zero-order valence-corrected chi connectivity index (χ0v) is 12.6. The first-order valence-electron chi connectivity index (χ1n) is 6.75. The molecule has 0 bridgehead atoms. The van der Waals surface area contributed by atoms with Gasteiger partial charge in [0.25, 0.3) is 0 Å². The molecule has 0 saturated heterocycles. The van der Waals surface area contributed by atoms with Gasteiger partial charge in [0.05, 0.1) is 16.6 Å². The smallest absolute Gasteiger partial charge is 0.128 e. The number of nitrogens with zero attached hydrogens (tertiary/aromatic N) is 1. The molecule has 1 N–H and O–H groups in total. The van der Waals surface area contributed by atoms with Gasteiger partial charge in [0, 0.05) is 11.3 Å². The number of benzene rings is 2. The first kappa shape index (κ1) is 13.8. The topological polar surface area (TPSA) is 45.0 Å². The molecule has 106 valence electrons. The third-order valence-electron chi connectivity index (χ3n) is 3.70. The molecule has 0 aliphatic carbocycles. The Hall–Kier alpha value is -2.18. The second-order valence-electron chi connectivity index (χ2n) is 5.63. The molecule has 0 aromatic heterocycles. The van der Waals surface area contributed by atoms with Gasteiger partial charge >= 0.3 is 0 Å². The molecule has 1 heterocycles. The molecule has 1 unspecified atom stereocenters. The maximum atomic E-state index is 9.08. The van der Waals surface area contributed by atoms with Gasteiger partial charge in [-0.1, -0.05) is 29.8 Å². The molecule has 4 heteroatoms. The number of anilines is 1. The van der Waals surface area contributed by atoms with E-state index in [1.54, 1.807) is 12.1 Å². The minimum absolute atomic E-state index is 0.0152. The highest BCUT2D eigenvalue weighted by atomic mass is 35.5. The minimum Gasteiger partial charge on any atom is -0.485 e. The lowest BCUT2D eigenvalue weighted by atomic mass is 9.94. The zero-order valence-electron chi connectivity index (χ0n) is 11.9. The van der Waals surface area contributed by atoms with E-state index in [0.717, 1.165) is 17.0 Å². The summed E-state index contributed by atoms with van der Waals surface area (Å²) in [4.78, 5) is 0. The van der Waals surface area contributed by atoms with Crippen molar-refractivity contribution in [1.82, 2.24) is 0 Å². The van der Waals surface area contributed by atoms with Crippen molar-refractivity contribution in [3.8, 4) is 11.8 Å². The quantitative estimate of drug-likeness (QED) is 0.885. The molecule has 1 atom stereocenters. The number of fused-ring (bicyclic) bond motifs is 1. The Labute approximate surface area is 129 Å². The van der Waals surface area contributed by atoms with Crippen LogP contribution < -0.4 is 10.1 Å². The maximum absolute atomic E-state index is 9.08. The van der Waals surface area contributed by atoms with Gasteiger partial charge < -0.3 is 10.1 Å². The van der Waals surface area contributed by atoms with Gasteiger partial charge in [0.2, 0.25) is 0 Å². The monoisotopic (exact) mass is 298 g/mol. The second kappa shape index (κ2) is 4.98. The molecular formula is C17H15ClN2O. The summed E-state index contributed by atoms with van der Waals surface area (Å²) in [7, 11) is 0. The van der Waals surface area contributed by atoms with Crippen molar-refractivity contribution >= 4 is 17.3 Å². The highest BCUT2D eigenvalue weighted by Gasteiger charge is 2.40. The van der Waals surface area contributed by atoms with Crippen molar-refractivity contribution in [2.45, 2.75) is 25.5 Å². The number of rotatable bonds is 2. The Morgan fingerprint density at radius 1 is 1.24 bits per heavy atom. The number of ether oxygens (including phenoxy) is 1. The van der Waals surface area contributed by atoms with E-state index in [4.69, 9.17) is 21.6 Å². The molecular weight excluding hydrogens is 284 g/mol. The van der Waals surface area contributed by atoms with Crippen molar-refractivity contribution < 1.29 is 4.74 Å². The fourth-order valence-corrected chi connectivity index (χ4v) is 2.81. The third-order valence-corrected chi connectivity index (χ3v) is 4.03. The van der Waals surface area contributed by atoms with Crippen molar-refractivity contribution in [1.29, 1.82) is 5.26 Å². The Morgan fingerprint density at radius 2 is 2.00 bits per heavy atom. The highest BCUT2D eigenvalue weighted by molar-refractivity contribution is 6.31. The van der Waals surface area contributed by atoms with Crippen LogP contribution in [0.3, 0.4) is 0 Å². The van der Waals surface area contributed by atoms with Gasteiger partial charge in [-0.15, -0.1) is 0 Å². The third kappa shape index (κ3) is 2.43. The van der Waals surface area contributed by atoms with Crippen LogP contribution >= 0.6 is 11.6 Å². The average Bonchev–Trinajstić information content (AvgIpc) is 2.71. The van der Waals surface area contributed by atoms with Crippen molar-refractivity contribution in [3.05, 3.63) is 58.6 Å². The van der Waals surface area contributed by atoms with Crippen LogP contribution in [0.15, 0.2) is 42.5 Å². The lowest BCUT2D eigenvalue weighted by molar-refractivity contribution is 0.118. The molecule has 0 saturated carbocycles. The van der Waals surface area contributed by atoms with E-state index in [1.807, 2.05) is 38.1 Å². The summed E-state index contributed by atoms with van der Waals surface area (Å²) in [5.74, 6) is 0.898. The lowest BCUT2D eigenvalue weighted by Gasteiger charge is -2.28. The molecule has 0 amide bonds. The molecule has 3 nitrogen and oxygen atoms in total. The van der Waals surface area contributed by atoms with Crippen LogP contribution in [0.1, 0.15) is 31.0 Å². The fraction of sp³-hybridized carbons (Fsp3) is 0.235. The first-order chi connectivity index (χ1) is 10.0. The fourth-order valence-electron chi connectivity index (χ4n) is 2.65. The number of hydrogen-bond acceptors (Lipinski definition) is 3. The standard InChI is InChI=1S/C17H15ClN2O/c1-17(2)16(13-5-3-4-6-15(13)21-17)20-12-7-8-14(18)11(9-12)10-19/h3-9,16,20H,1-2H3. The Kier molecular flexibility index (Phi) is 3.27. The largest absolute Gasteiger partial charge is 0.485 e. The van der Waals surface area contributed by atoms with Crippen LogP contribution in [0.5, 0.6) is 5.75 Å².